The number of hydrogen-bond donors (Lipinski definition) is 1. The summed E-state index contributed by atoms with van der Waals surface area (Å²) in [5.74, 6) is 0.0984. The van der Waals surface area contributed by atoms with E-state index in [9.17, 15) is 4.79 Å². The van der Waals surface area contributed by atoms with Crippen LogP contribution in [0.2, 0.25) is 0 Å². The predicted molar refractivity (Wildman–Crippen MR) is 67.7 cm³/mol. The van der Waals surface area contributed by atoms with Crippen molar-refractivity contribution >= 4 is 5.91 Å². The Labute approximate surface area is 106 Å². The molecule has 1 amide bonds. The van der Waals surface area contributed by atoms with Gasteiger partial charge >= 0.3 is 0 Å². The number of carbonyl (C=O) groups excluding carboxylic acids is 1. The number of hydrogen-bond acceptors (Lipinski definition) is 3. The molecule has 1 N–H and O–H groups in total. The first-order valence-electron chi connectivity index (χ1n) is 5.68. The second-order valence-corrected chi connectivity index (χ2v) is 4.23. The maximum absolute atomic E-state index is 11.9. The lowest BCUT2D eigenvalue weighted by molar-refractivity contribution is 0.0967. The minimum absolute atomic E-state index is 0.279. The molecule has 0 atom stereocenters. The van der Waals surface area contributed by atoms with Crippen LogP contribution in [-0.2, 0) is 0 Å². The number of allylic oxidation sites excluding steroid dienone is 1. The first-order valence-corrected chi connectivity index (χ1v) is 5.68. The molecule has 0 spiro atoms. The lowest BCUT2D eigenvalue weighted by Crippen LogP contribution is -2.21. The summed E-state index contributed by atoms with van der Waals surface area (Å²) in [5.41, 5.74) is 2.17. The molecule has 1 fully saturated rings. The summed E-state index contributed by atoms with van der Waals surface area (Å²) in [7, 11) is 0. The lowest BCUT2D eigenvalue weighted by Gasteiger charge is -2.07. The summed E-state index contributed by atoms with van der Waals surface area (Å²) in [4.78, 5) is 15.9. The molecule has 0 aliphatic heterocycles. The molecular weight excluding hydrogens is 226 g/mol. The number of aromatic nitrogens is 1. The number of amides is 1. The molecule has 0 aromatic carbocycles. The average Bonchev–Trinajstić information content (AvgIpc) is 3.22. The molecule has 1 aromatic rings. The Kier molecular flexibility index (Phi) is 3.24. The van der Waals surface area contributed by atoms with Gasteiger partial charge in [-0.3, -0.25) is 4.79 Å². The van der Waals surface area contributed by atoms with Crippen LogP contribution in [0.25, 0.3) is 0 Å². The van der Waals surface area contributed by atoms with E-state index < -0.39 is 0 Å². The van der Waals surface area contributed by atoms with Gasteiger partial charge in [-0.1, -0.05) is 13.2 Å². The first kappa shape index (κ1) is 12.1. The van der Waals surface area contributed by atoms with Crippen molar-refractivity contribution in [2.75, 3.05) is 0 Å². The minimum Gasteiger partial charge on any atom is -0.323 e. The normalized spacial score (nSPS) is 13.5. The fourth-order valence-corrected chi connectivity index (χ4v) is 1.67. The van der Waals surface area contributed by atoms with Crippen LogP contribution in [0.15, 0.2) is 37.2 Å². The van der Waals surface area contributed by atoms with E-state index in [0.717, 1.165) is 18.4 Å². The van der Waals surface area contributed by atoms with Crippen molar-refractivity contribution < 1.29 is 4.79 Å². The van der Waals surface area contributed by atoms with E-state index in [0.29, 0.717) is 22.9 Å². The smallest absolute Gasteiger partial charge is 0.257 e. The number of rotatable bonds is 4. The van der Waals surface area contributed by atoms with Gasteiger partial charge in [0.25, 0.3) is 5.91 Å². The van der Waals surface area contributed by atoms with Crippen LogP contribution in [-0.4, -0.2) is 10.9 Å². The molecule has 1 aromatic heterocycles. The van der Waals surface area contributed by atoms with Gasteiger partial charge in [0.2, 0.25) is 0 Å². The van der Waals surface area contributed by atoms with Crippen molar-refractivity contribution in [1.29, 1.82) is 5.26 Å². The molecule has 1 aliphatic rings. The average molecular weight is 239 g/mol. The second kappa shape index (κ2) is 4.84. The third-order valence-corrected chi connectivity index (χ3v) is 2.82. The number of nitrogens with zero attached hydrogens (tertiary/aromatic N) is 2. The number of carbonyl (C=O) groups is 1. The zero-order valence-corrected chi connectivity index (χ0v) is 9.94. The van der Waals surface area contributed by atoms with E-state index >= 15 is 0 Å². The summed E-state index contributed by atoms with van der Waals surface area (Å²) in [5, 5.41) is 11.6. The Morgan fingerprint density at radius 2 is 2.33 bits per heavy atom. The largest absolute Gasteiger partial charge is 0.323 e. The van der Waals surface area contributed by atoms with Crippen molar-refractivity contribution in [3.05, 3.63) is 54.0 Å². The van der Waals surface area contributed by atoms with Gasteiger partial charge in [-0.15, -0.1) is 0 Å². The van der Waals surface area contributed by atoms with Crippen molar-refractivity contribution in [3.63, 3.8) is 0 Å². The maximum atomic E-state index is 11.9. The van der Waals surface area contributed by atoms with Gasteiger partial charge in [-0.05, 0) is 36.5 Å². The monoisotopic (exact) mass is 239 g/mol. The molecule has 18 heavy (non-hydrogen) atoms. The Bertz CT molecular complexity index is 565. The summed E-state index contributed by atoms with van der Waals surface area (Å²) >= 11 is 0. The van der Waals surface area contributed by atoms with Crippen LogP contribution in [0.3, 0.4) is 0 Å². The second-order valence-electron chi connectivity index (χ2n) is 4.23. The van der Waals surface area contributed by atoms with E-state index in [1.54, 1.807) is 6.07 Å². The minimum atomic E-state index is -0.279. The van der Waals surface area contributed by atoms with Gasteiger partial charge in [0.1, 0.15) is 11.8 Å². The van der Waals surface area contributed by atoms with Crippen LogP contribution in [0.1, 0.15) is 40.4 Å². The third-order valence-electron chi connectivity index (χ3n) is 2.82. The SMILES string of the molecule is C=CC(=C)NC(=O)c1cnc(C#N)c(C2CC2)c1. The van der Waals surface area contributed by atoms with Crippen molar-refractivity contribution in [1.82, 2.24) is 10.3 Å². The van der Waals surface area contributed by atoms with Crippen LogP contribution in [0.5, 0.6) is 0 Å². The van der Waals surface area contributed by atoms with Gasteiger partial charge in [0, 0.05) is 11.9 Å². The van der Waals surface area contributed by atoms with Gasteiger partial charge < -0.3 is 5.32 Å². The van der Waals surface area contributed by atoms with E-state index in [-0.39, 0.29) is 5.91 Å². The molecule has 0 bridgehead atoms. The predicted octanol–water partition coefficient (Wildman–Crippen LogP) is 2.26. The maximum Gasteiger partial charge on any atom is 0.257 e. The highest BCUT2D eigenvalue weighted by atomic mass is 16.1. The Hall–Kier alpha value is -2.41. The Morgan fingerprint density at radius 1 is 1.61 bits per heavy atom. The molecule has 90 valence electrons. The van der Waals surface area contributed by atoms with Crippen LogP contribution < -0.4 is 5.32 Å². The molecule has 1 saturated carbocycles. The van der Waals surface area contributed by atoms with E-state index in [1.807, 2.05) is 0 Å². The van der Waals surface area contributed by atoms with Gasteiger partial charge in [-0.2, -0.15) is 5.26 Å². The molecular formula is C14H13N3O. The van der Waals surface area contributed by atoms with Crippen molar-refractivity contribution in [2.45, 2.75) is 18.8 Å². The number of pyridine rings is 1. The van der Waals surface area contributed by atoms with Gasteiger partial charge in [-0.25, -0.2) is 4.98 Å². The molecule has 0 saturated heterocycles. The number of nitrogens with one attached hydrogen (secondary N) is 1. The zero-order chi connectivity index (χ0) is 13.1. The van der Waals surface area contributed by atoms with Crippen molar-refractivity contribution in [2.24, 2.45) is 0 Å². The number of nitriles is 1. The molecule has 2 rings (SSSR count). The standard InChI is InChI=1S/C14H13N3O/c1-3-9(2)17-14(18)11-6-12(10-4-5-10)13(7-15)16-8-11/h3,6,8,10H,1-2,4-5H2,(H,17,18). The summed E-state index contributed by atoms with van der Waals surface area (Å²) < 4.78 is 0. The van der Waals surface area contributed by atoms with E-state index in [1.165, 1.54) is 12.3 Å². The van der Waals surface area contributed by atoms with Crippen LogP contribution in [0, 0.1) is 11.3 Å². The Balaban J connectivity index is 2.27. The fourth-order valence-electron chi connectivity index (χ4n) is 1.67. The molecule has 1 aliphatic carbocycles. The highest BCUT2D eigenvalue weighted by Gasteiger charge is 2.27. The lowest BCUT2D eigenvalue weighted by atomic mass is 10.1. The van der Waals surface area contributed by atoms with E-state index in [4.69, 9.17) is 5.26 Å². The molecule has 4 nitrogen and oxygen atoms in total. The summed E-state index contributed by atoms with van der Waals surface area (Å²) in [6.45, 7) is 7.14. The van der Waals surface area contributed by atoms with Crippen molar-refractivity contribution in [3.8, 4) is 6.07 Å². The van der Waals surface area contributed by atoms with Gasteiger partial charge in [0.05, 0.1) is 5.56 Å². The van der Waals surface area contributed by atoms with Crippen LogP contribution in [0.4, 0.5) is 0 Å². The molecule has 0 radical (unpaired) electrons. The highest BCUT2D eigenvalue weighted by molar-refractivity contribution is 5.95. The molecule has 1 heterocycles. The third kappa shape index (κ3) is 2.46. The van der Waals surface area contributed by atoms with Gasteiger partial charge in [0.15, 0.2) is 0 Å². The topological polar surface area (TPSA) is 65.8 Å². The summed E-state index contributed by atoms with van der Waals surface area (Å²) in [6, 6.07) is 3.80. The van der Waals surface area contributed by atoms with Crippen LogP contribution >= 0.6 is 0 Å². The molecule has 0 unspecified atom stereocenters. The van der Waals surface area contributed by atoms with E-state index in [2.05, 4.69) is 29.5 Å². The zero-order valence-electron chi connectivity index (χ0n) is 9.94. The Morgan fingerprint density at radius 3 is 2.89 bits per heavy atom. The first-order chi connectivity index (χ1) is 8.65. The quantitative estimate of drug-likeness (QED) is 0.819. The fraction of sp³-hybridized carbons (Fsp3) is 0.214. The molecule has 4 heteroatoms. The summed E-state index contributed by atoms with van der Waals surface area (Å²) in [6.07, 6.45) is 4.99. The highest BCUT2D eigenvalue weighted by Crippen LogP contribution is 2.41.